The van der Waals surface area contributed by atoms with E-state index in [-0.39, 0.29) is 29.4 Å². The van der Waals surface area contributed by atoms with Crippen LogP contribution < -0.4 is 5.19 Å². The van der Waals surface area contributed by atoms with E-state index in [0.717, 1.165) is 18.9 Å². The molecule has 2 bridgehead atoms. The van der Waals surface area contributed by atoms with E-state index in [9.17, 15) is 4.79 Å². The summed E-state index contributed by atoms with van der Waals surface area (Å²) in [6.07, 6.45) is 6.88. The van der Waals surface area contributed by atoms with Crippen LogP contribution in [-0.4, -0.2) is 44.6 Å². The van der Waals surface area contributed by atoms with Crippen molar-refractivity contribution >= 4 is 19.2 Å². The monoisotopic (exact) mass is 415 g/mol. The first-order valence-electron chi connectivity index (χ1n) is 11.2. The van der Waals surface area contributed by atoms with Gasteiger partial charge in [0, 0.05) is 11.3 Å². The van der Waals surface area contributed by atoms with Gasteiger partial charge in [-0.15, -0.1) is 0 Å². The maximum Gasteiger partial charge on any atom is 0.337 e. The number of rotatable bonds is 4. The first-order valence-corrected chi connectivity index (χ1v) is 14.4. The molecule has 0 N–H and O–H groups in total. The molecule has 0 amide bonds. The maximum atomic E-state index is 12.4. The Hall–Kier alpha value is -1.21. The lowest BCUT2D eigenvalue weighted by Gasteiger charge is -2.60. The third-order valence-corrected chi connectivity index (χ3v) is 11.6. The molecular weight excluding hydrogens is 382 g/mol. The standard InChI is InChI=1S/C23H33NO4Si/c1-26-22(25)21-17-12-14-23-13-8-7-11-18(23)20(17)24(28-21)27-19(23)15-29(2,3)16-9-5-4-6-10-16/h4-6,9-10,17-21H,7-8,11-15H2,1-3H3/t17-,18?,19?,20-,21-,23+/m0/s1. The van der Waals surface area contributed by atoms with Crippen LogP contribution in [0, 0.1) is 17.3 Å². The highest BCUT2D eigenvalue weighted by atomic mass is 28.3. The van der Waals surface area contributed by atoms with Crippen LogP contribution in [0.5, 0.6) is 0 Å². The van der Waals surface area contributed by atoms with Gasteiger partial charge in [0.05, 0.1) is 27.3 Å². The Kier molecular flexibility index (Phi) is 4.89. The van der Waals surface area contributed by atoms with Crippen LogP contribution in [0.25, 0.3) is 0 Å². The average molecular weight is 416 g/mol. The largest absolute Gasteiger partial charge is 0.467 e. The Morgan fingerprint density at radius 2 is 1.97 bits per heavy atom. The second kappa shape index (κ2) is 7.19. The van der Waals surface area contributed by atoms with Crippen molar-refractivity contribution in [2.24, 2.45) is 17.3 Å². The fourth-order valence-electron chi connectivity index (χ4n) is 6.84. The fraction of sp³-hybridized carbons (Fsp3) is 0.696. The summed E-state index contributed by atoms with van der Waals surface area (Å²) in [4.78, 5) is 25.1. The summed E-state index contributed by atoms with van der Waals surface area (Å²) in [5.41, 5.74) is 0.239. The van der Waals surface area contributed by atoms with Crippen LogP contribution in [0.3, 0.4) is 0 Å². The number of methoxy groups -OCH3 is 1. The van der Waals surface area contributed by atoms with Crippen LogP contribution in [0.15, 0.2) is 30.3 Å². The van der Waals surface area contributed by atoms with Gasteiger partial charge >= 0.3 is 5.97 Å². The van der Waals surface area contributed by atoms with Crippen LogP contribution in [0.1, 0.15) is 38.5 Å². The van der Waals surface area contributed by atoms with Crippen molar-refractivity contribution in [1.82, 2.24) is 5.23 Å². The van der Waals surface area contributed by atoms with Crippen LogP contribution >= 0.6 is 0 Å². The summed E-state index contributed by atoms with van der Waals surface area (Å²) in [6, 6.07) is 12.3. The molecule has 29 heavy (non-hydrogen) atoms. The van der Waals surface area contributed by atoms with Gasteiger partial charge in [-0.1, -0.05) is 66.7 Å². The zero-order chi connectivity index (χ0) is 20.2. The second-order valence-electron chi connectivity index (χ2n) is 10.2. The number of ether oxygens (including phenoxy) is 1. The molecular formula is C23H33NO4Si. The molecule has 2 saturated heterocycles. The molecule has 1 aromatic rings. The predicted octanol–water partition coefficient (Wildman–Crippen LogP) is 3.66. The normalized spacial score (nSPS) is 39.1. The summed E-state index contributed by atoms with van der Waals surface area (Å²) >= 11 is 0. The second-order valence-corrected chi connectivity index (χ2v) is 14.9. The SMILES string of the molecule is COC(=O)[C@H]1ON2OC(C[Si](C)(C)c3ccccc3)[C@@]34CCCCC3[C@@H]2[C@@H]1CC4. The zero-order valence-corrected chi connectivity index (χ0v) is 18.8. The molecule has 5 rings (SSSR count). The van der Waals surface area contributed by atoms with E-state index in [1.165, 1.54) is 38.0 Å². The van der Waals surface area contributed by atoms with E-state index in [4.69, 9.17) is 14.4 Å². The lowest BCUT2D eigenvalue weighted by atomic mass is 9.52. The summed E-state index contributed by atoms with van der Waals surface area (Å²) in [5, 5.41) is 3.23. The average Bonchev–Trinajstić information content (AvgIpc) is 3.14. The number of hydroxylamine groups is 2. The van der Waals surface area contributed by atoms with Crippen molar-refractivity contribution in [3.05, 3.63) is 30.3 Å². The van der Waals surface area contributed by atoms with Crippen LogP contribution in [0.4, 0.5) is 0 Å². The summed E-state index contributed by atoms with van der Waals surface area (Å²) < 4.78 is 5.05. The molecule has 6 atom stereocenters. The zero-order valence-electron chi connectivity index (χ0n) is 17.8. The van der Waals surface area contributed by atoms with Gasteiger partial charge in [-0.25, -0.2) is 4.79 Å². The summed E-state index contributed by atoms with van der Waals surface area (Å²) in [5.74, 6) is 0.495. The Bertz CT molecular complexity index is 771. The molecule has 2 heterocycles. The van der Waals surface area contributed by atoms with E-state index in [2.05, 4.69) is 43.4 Å². The van der Waals surface area contributed by atoms with Crippen molar-refractivity contribution in [1.29, 1.82) is 0 Å². The van der Waals surface area contributed by atoms with Gasteiger partial charge in [-0.2, -0.15) is 0 Å². The minimum atomic E-state index is -1.68. The molecule has 2 aliphatic carbocycles. The molecule has 2 unspecified atom stereocenters. The quantitative estimate of drug-likeness (QED) is 0.555. The van der Waals surface area contributed by atoms with Crippen LogP contribution in [-0.2, 0) is 19.2 Å². The van der Waals surface area contributed by atoms with Gasteiger partial charge in [0.2, 0.25) is 0 Å². The Morgan fingerprint density at radius 3 is 2.72 bits per heavy atom. The van der Waals surface area contributed by atoms with Gasteiger partial charge in [0.15, 0.2) is 6.10 Å². The third-order valence-electron chi connectivity index (χ3n) is 8.35. The molecule has 4 aliphatic rings. The van der Waals surface area contributed by atoms with Crippen LogP contribution in [0.2, 0.25) is 19.1 Å². The van der Waals surface area contributed by atoms with Crippen molar-refractivity contribution < 1.29 is 19.2 Å². The highest BCUT2D eigenvalue weighted by Crippen LogP contribution is 2.62. The van der Waals surface area contributed by atoms with Crippen molar-refractivity contribution in [2.75, 3.05) is 7.11 Å². The number of esters is 1. The number of nitrogens with zero attached hydrogens (tertiary/aromatic N) is 1. The van der Waals surface area contributed by atoms with E-state index in [1.807, 2.05) is 0 Å². The molecule has 2 saturated carbocycles. The number of carbonyl (C=O) groups is 1. The molecule has 0 spiro atoms. The van der Waals surface area contributed by atoms with Gasteiger partial charge in [-0.3, -0.25) is 9.68 Å². The lowest BCUT2D eigenvalue weighted by molar-refractivity contribution is -0.433. The van der Waals surface area contributed by atoms with E-state index < -0.39 is 14.2 Å². The van der Waals surface area contributed by atoms with Crippen molar-refractivity contribution in [3.8, 4) is 0 Å². The first-order chi connectivity index (χ1) is 14.0. The smallest absolute Gasteiger partial charge is 0.337 e. The molecule has 2 aliphatic heterocycles. The van der Waals surface area contributed by atoms with Crippen molar-refractivity contribution in [2.45, 2.75) is 75.9 Å². The number of carbonyl (C=O) groups excluding carboxylic acids is 1. The summed E-state index contributed by atoms with van der Waals surface area (Å²) in [7, 11) is -0.225. The number of benzene rings is 1. The number of hydrogen-bond acceptors (Lipinski definition) is 5. The Morgan fingerprint density at radius 1 is 1.17 bits per heavy atom. The van der Waals surface area contributed by atoms with Crippen molar-refractivity contribution in [3.63, 3.8) is 0 Å². The maximum absolute atomic E-state index is 12.4. The predicted molar refractivity (Wildman–Crippen MR) is 113 cm³/mol. The Labute approximate surface area is 174 Å². The van der Waals surface area contributed by atoms with E-state index in [0.29, 0.717) is 5.92 Å². The van der Waals surface area contributed by atoms with Gasteiger partial charge in [0.25, 0.3) is 0 Å². The molecule has 1 aromatic carbocycles. The van der Waals surface area contributed by atoms with E-state index in [1.54, 1.807) is 5.23 Å². The molecule has 4 fully saturated rings. The summed E-state index contributed by atoms with van der Waals surface area (Å²) in [6.45, 7) is 4.92. The highest BCUT2D eigenvalue weighted by molar-refractivity contribution is 6.89. The highest BCUT2D eigenvalue weighted by Gasteiger charge is 2.66. The minimum Gasteiger partial charge on any atom is -0.467 e. The lowest BCUT2D eigenvalue weighted by Crippen LogP contribution is -2.64. The Balaban J connectivity index is 1.47. The topological polar surface area (TPSA) is 48.0 Å². The van der Waals surface area contributed by atoms with Gasteiger partial charge in [-0.05, 0) is 37.6 Å². The van der Waals surface area contributed by atoms with Gasteiger partial charge < -0.3 is 4.74 Å². The van der Waals surface area contributed by atoms with E-state index >= 15 is 0 Å². The molecule has 158 valence electrons. The van der Waals surface area contributed by atoms with Gasteiger partial charge in [0.1, 0.15) is 0 Å². The number of hydrogen-bond donors (Lipinski definition) is 0. The molecule has 6 heteroatoms. The first kappa shape index (κ1) is 19.7. The third kappa shape index (κ3) is 3.02. The molecule has 0 aromatic heterocycles. The fourth-order valence-corrected chi connectivity index (χ4v) is 9.58. The minimum absolute atomic E-state index is 0.170. The molecule has 5 nitrogen and oxygen atoms in total. The molecule has 0 radical (unpaired) electrons.